The lowest BCUT2D eigenvalue weighted by atomic mass is 9.98. The Balaban J connectivity index is 0.000000156. The zero-order chi connectivity index (χ0) is 42.2. The number of aromatic nitrogens is 10. The number of hydrogen-bond acceptors (Lipinski definition) is 16. The number of rotatable bonds is 8. The van der Waals surface area contributed by atoms with E-state index in [4.69, 9.17) is 9.97 Å². The van der Waals surface area contributed by atoms with Gasteiger partial charge in [0, 0.05) is 79.5 Å². The van der Waals surface area contributed by atoms with Crippen molar-refractivity contribution in [1.29, 1.82) is 0 Å². The number of H-pyrrole nitrogens is 2. The van der Waals surface area contributed by atoms with Gasteiger partial charge >= 0.3 is 0 Å². The Morgan fingerprint density at radius 3 is 1.66 bits per heavy atom. The Morgan fingerprint density at radius 1 is 0.672 bits per heavy atom. The molecule has 0 saturated carbocycles. The van der Waals surface area contributed by atoms with E-state index < -0.39 is 0 Å². The number of aromatic amines is 2. The van der Waals surface area contributed by atoms with Gasteiger partial charge in [-0.15, -0.1) is 20.4 Å². The van der Waals surface area contributed by atoms with Crippen molar-refractivity contribution in [3.8, 4) is 56.3 Å². The minimum absolute atomic E-state index is 0.160. The number of thiazole rings is 2. The molecular weight excluding hydrogens is 809 g/mol. The summed E-state index contributed by atoms with van der Waals surface area (Å²) < 4.78 is 1.92. The maximum Gasteiger partial charge on any atom is 0.194 e. The lowest BCUT2D eigenvalue weighted by molar-refractivity contribution is 0.181. The zero-order valence-electron chi connectivity index (χ0n) is 34.6. The van der Waals surface area contributed by atoms with Crippen molar-refractivity contribution in [3.05, 3.63) is 73.3 Å². The number of anilines is 2. The molecule has 2 saturated heterocycles. The summed E-state index contributed by atoms with van der Waals surface area (Å²) >= 11 is 3.24. The van der Waals surface area contributed by atoms with E-state index in [9.17, 15) is 10.2 Å². The van der Waals surface area contributed by atoms with Crippen LogP contribution in [0, 0.1) is 0 Å². The SMILES string of the molecule is C[C@@H]1C[C@@H](N(C)c2nc3nnc(-c4ccc(-c5cn[nH]c5)cc4O)cc3s2)CCN1.C[C@@H]1C[C@@H](N(C)c2nc3nnc(-c4ccc(-c5cn[nH]c5)cc4O)cc3s2)CCN1C. The second-order valence-corrected chi connectivity index (χ2v) is 18.0. The van der Waals surface area contributed by atoms with Crippen molar-refractivity contribution in [3.63, 3.8) is 0 Å². The van der Waals surface area contributed by atoms with E-state index in [0.717, 1.165) is 80.7 Å². The summed E-state index contributed by atoms with van der Waals surface area (Å²) in [7, 11) is 6.41. The van der Waals surface area contributed by atoms with Gasteiger partial charge in [-0.3, -0.25) is 10.2 Å². The molecule has 16 nitrogen and oxygen atoms in total. The van der Waals surface area contributed by atoms with Crippen LogP contribution in [0.4, 0.5) is 10.3 Å². The number of likely N-dealkylation sites (tertiary alicyclic amines) is 1. The first-order chi connectivity index (χ1) is 29.6. The van der Waals surface area contributed by atoms with Crippen LogP contribution in [-0.2, 0) is 0 Å². The fourth-order valence-corrected chi connectivity index (χ4v) is 10.0. The molecule has 0 aliphatic carbocycles. The van der Waals surface area contributed by atoms with E-state index in [2.05, 4.69) is 95.8 Å². The molecule has 8 aromatic rings. The lowest BCUT2D eigenvalue weighted by Crippen LogP contribution is -2.46. The normalized spacial score (nSPS) is 19.5. The Bertz CT molecular complexity index is 2760. The Hall–Kier alpha value is -6.08. The van der Waals surface area contributed by atoms with Crippen molar-refractivity contribution >= 4 is 53.6 Å². The van der Waals surface area contributed by atoms with Crippen molar-refractivity contribution in [2.75, 3.05) is 44.0 Å². The summed E-state index contributed by atoms with van der Waals surface area (Å²) in [5.74, 6) is 0.322. The molecule has 18 heteroatoms. The highest BCUT2D eigenvalue weighted by atomic mass is 32.1. The fraction of sp³-hybridized carbons (Fsp3) is 0.349. The minimum atomic E-state index is 0.160. The van der Waals surface area contributed by atoms with Crippen molar-refractivity contribution in [2.45, 2.75) is 63.7 Å². The van der Waals surface area contributed by atoms with Gasteiger partial charge in [-0.25, -0.2) is 0 Å². The second-order valence-electron chi connectivity index (χ2n) is 16.0. The number of nitrogens with zero attached hydrogens (tertiary/aromatic N) is 11. The summed E-state index contributed by atoms with van der Waals surface area (Å²) in [6.07, 6.45) is 11.5. The van der Waals surface area contributed by atoms with Crippen LogP contribution in [0.5, 0.6) is 11.5 Å². The van der Waals surface area contributed by atoms with Crippen LogP contribution in [0.3, 0.4) is 0 Å². The summed E-state index contributed by atoms with van der Waals surface area (Å²) in [6, 6.07) is 17.0. The number of phenols is 2. The molecule has 8 heterocycles. The van der Waals surface area contributed by atoms with Crippen LogP contribution in [0.25, 0.3) is 65.5 Å². The van der Waals surface area contributed by atoms with Gasteiger partial charge in [0.15, 0.2) is 21.6 Å². The first kappa shape index (κ1) is 40.3. The molecule has 0 amide bonds. The van der Waals surface area contributed by atoms with Gasteiger partial charge in [-0.2, -0.15) is 20.2 Å². The third-order valence-corrected chi connectivity index (χ3v) is 14.1. The molecule has 61 heavy (non-hydrogen) atoms. The maximum absolute atomic E-state index is 10.6. The molecule has 10 rings (SSSR count). The molecule has 2 aromatic carbocycles. The first-order valence-electron chi connectivity index (χ1n) is 20.4. The summed E-state index contributed by atoms with van der Waals surface area (Å²) in [5.41, 5.74) is 7.45. The molecule has 6 aromatic heterocycles. The summed E-state index contributed by atoms with van der Waals surface area (Å²) in [5, 5.41) is 57.4. The Kier molecular flexibility index (Phi) is 11.3. The van der Waals surface area contributed by atoms with Gasteiger partial charge in [-0.05, 0) is 101 Å². The molecule has 2 aliphatic heterocycles. The predicted molar refractivity (Wildman–Crippen MR) is 242 cm³/mol. The molecule has 0 spiro atoms. The number of benzene rings is 2. The molecule has 2 fully saturated rings. The van der Waals surface area contributed by atoms with E-state index in [1.165, 1.54) is 0 Å². The van der Waals surface area contributed by atoms with E-state index in [1.807, 2.05) is 36.4 Å². The monoisotopic (exact) mass is 856 g/mol. The highest BCUT2D eigenvalue weighted by Crippen LogP contribution is 2.38. The van der Waals surface area contributed by atoms with Crippen LogP contribution < -0.4 is 15.1 Å². The predicted octanol–water partition coefficient (Wildman–Crippen LogP) is 7.19. The third-order valence-electron chi connectivity index (χ3n) is 12.0. The maximum atomic E-state index is 10.6. The molecule has 2 aliphatic rings. The van der Waals surface area contributed by atoms with Crippen molar-refractivity contribution < 1.29 is 10.2 Å². The standard InChI is InChI=1S/C22H25N7OS.C21H23N7OS/c1-13-8-16(6-7-28(13)2)29(3)22-25-21-20(31-22)10-18(26-27-21)17-5-4-14(9-19(17)30)15-11-23-24-12-15;1-12-7-15(5-6-22-12)28(2)21-25-20-19(30-21)9-17(26-27-20)16-4-3-13(8-18(16)29)14-10-23-24-11-14/h4-5,9-13,16,30H,6-8H2,1-3H3,(H,23,24);3-4,8-12,15,22,29H,5-7H2,1-2H3,(H,23,24)/t13-,16+;12-,15+/m11/s1. The Labute approximate surface area is 360 Å². The average molecular weight is 857 g/mol. The smallest absolute Gasteiger partial charge is 0.194 e. The first-order valence-corrected chi connectivity index (χ1v) is 22.0. The largest absolute Gasteiger partial charge is 0.507 e. The van der Waals surface area contributed by atoms with Crippen LogP contribution in [-0.4, -0.2) is 124 Å². The molecule has 0 radical (unpaired) electrons. The number of piperidine rings is 2. The minimum Gasteiger partial charge on any atom is -0.507 e. The Morgan fingerprint density at radius 2 is 1.20 bits per heavy atom. The number of hydrogen-bond donors (Lipinski definition) is 5. The third kappa shape index (κ3) is 8.48. The molecular formula is C43H48N14O2S2. The van der Waals surface area contributed by atoms with Crippen LogP contribution in [0.1, 0.15) is 39.5 Å². The van der Waals surface area contributed by atoms with Gasteiger partial charge in [-0.1, -0.05) is 34.8 Å². The molecule has 0 bridgehead atoms. The average Bonchev–Trinajstić information content (AvgIpc) is 4.12. The van der Waals surface area contributed by atoms with Crippen LogP contribution in [0.2, 0.25) is 0 Å². The van der Waals surface area contributed by atoms with E-state index in [-0.39, 0.29) is 11.5 Å². The van der Waals surface area contributed by atoms with Gasteiger partial charge < -0.3 is 30.2 Å². The highest BCUT2D eigenvalue weighted by molar-refractivity contribution is 7.22. The van der Waals surface area contributed by atoms with E-state index in [0.29, 0.717) is 58.0 Å². The molecule has 314 valence electrons. The molecule has 4 atom stereocenters. The highest BCUT2D eigenvalue weighted by Gasteiger charge is 2.28. The van der Waals surface area contributed by atoms with Gasteiger partial charge in [0.1, 0.15) is 11.5 Å². The van der Waals surface area contributed by atoms with Gasteiger partial charge in [0.05, 0.1) is 33.2 Å². The van der Waals surface area contributed by atoms with E-state index >= 15 is 0 Å². The van der Waals surface area contributed by atoms with E-state index in [1.54, 1.807) is 59.6 Å². The summed E-state index contributed by atoms with van der Waals surface area (Å²) in [6.45, 7) is 6.62. The van der Waals surface area contributed by atoms with Crippen molar-refractivity contribution in [1.82, 2.24) is 61.0 Å². The second kappa shape index (κ2) is 17.1. The van der Waals surface area contributed by atoms with Gasteiger partial charge in [0.25, 0.3) is 0 Å². The number of fused-ring (bicyclic) bond motifs is 2. The van der Waals surface area contributed by atoms with Gasteiger partial charge in [0.2, 0.25) is 0 Å². The summed E-state index contributed by atoms with van der Waals surface area (Å²) in [4.78, 5) is 16.4. The quantitative estimate of drug-likeness (QED) is 0.103. The van der Waals surface area contributed by atoms with Crippen LogP contribution in [0.15, 0.2) is 73.3 Å². The lowest BCUT2D eigenvalue weighted by Gasteiger charge is -2.39. The molecule has 5 N–H and O–H groups in total. The molecule has 0 unspecified atom stereocenters. The zero-order valence-corrected chi connectivity index (χ0v) is 36.2. The number of phenolic OH excluding ortho intramolecular Hbond substituents is 2. The number of nitrogens with one attached hydrogen (secondary N) is 3. The van der Waals surface area contributed by atoms with Crippen molar-refractivity contribution in [2.24, 2.45) is 0 Å². The van der Waals surface area contributed by atoms with Crippen LogP contribution >= 0.6 is 22.7 Å². The number of aromatic hydroxyl groups is 2. The fourth-order valence-electron chi connectivity index (χ4n) is 8.09. The topological polar surface area (TPSA) is 197 Å².